The Labute approximate surface area is 125 Å². The van der Waals surface area contributed by atoms with E-state index in [1.807, 2.05) is 24.3 Å². The molecule has 0 heterocycles. The zero-order valence-corrected chi connectivity index (χ0v) is 15.5. The van der Waals surface area contributed by atoms with Gasteiger partial charge in [0.05, 0.1) is 0 Å². The lowest BCUT2D eigenvalue weighted by atomic mass is 10.1. The lowest BCUT2D eigenvalue weighted by Gasteiger charge is -2.22. The SMILES string of the molecule is C=C(O[Si](C)(C)C)c1ccc(C(=C)O[Si](C)(C)C)cc1. The zero-order valence-electron chi connectivity index (χ0n) is 13.5. The zero-order chi connectivity index (χ0) is 15.6. The Morgan fingerprint density at radius 2 is 0.950 bits per heavy atom. The summed E-state index contributed by atoms with van der Waals surface area (Å²) in [5.74, 6) is 1.49. The summed E-state index contributed by atoms with van der Waals surface area (Å²) in [4.78, 5) is 0. The second-order valence-electron chi connectivity index (χ2n) is 6.85. The summed E-state index contributed by atoms with van der Waals surface area (Å²) in [7, 11) is -3.21. The van der Waals surface area contributed by atoms with Crippen LogP contribution in [-0.2, 0) is 8.85 Å². The number of rotatable bonds is 6. The van der Waals surface area contributed by atoms with Crippen molar-refractivity contribution in [2.45, 2.75) is 39.3 Å². The third kappa shape index (κ3) is 5.80. The molecule has 0 aliphatic heterocycles. The molecule has 1 aromatic rings. The van der Waals surface area contributed by atoms with Crippen molar-refractivity contribution in [3.8, 4) is 0 Å². The summed E-state index contributed by atoms with van der Waals surface area (Å²) in [5.41, 5.74) is 2.02. The molecule has 0 N–H and O–H groups in total. The molecule has 110 valence electrons. The van der Waals surface area contributed by atoms with Crippen LogP contribution >= 0.6 is 0 Å². The van der Waals surface area contributed by atoms with E-state index < -0.39 is 16.6 Å². The van der Waals surface area contributed by atoms with Gasteiger partial charge in [-0.05, 0) is 39.3 Å². The van der Waals surface area contributed by atoms with Gasteiger partial charge in [-0.15, -0.1) is 0 Å². The van der Waals surface area contributed by atoms with E-state index in [0.717, 1.165) is 22.6 Å². The Morgan fingerprint density at radius 3 is 1.15 bits per heavy atom. The molecule has 0 saturated heterocycles. The normalized spacial score (nSPS) is 11.9. The van der Waals surface area contributed by atoms with Gasteiger partial charge >= 0.3 is 0 Å². The molecule has 1 aromatic carbocycles. The van der Waals surface area contributed by atoms with Crippen LogP contribution in [0, 0.1) is 0 Å². The third-order valence-corrected chi connectivity index (χ3v) is 4.11. The summed E-state index contributed by atoms with van der Waals surface area (Å²) < 4.78 is 11.8. The van der Waals surface area contributed by atoms with Crippen LogP contribution in [0.5, 0.6) is 0 Å². The highest BCUT2D eigenvalue weighted by atomic mass is 28.4. The summed E-state index contributed by atoms with van der Waals surface area (Å²) in [6, 6.07) is 8.04. The number of hydrogen-bond acceptors (Lipinski definition) is 2. The molecule has 0 radical (unpaired) electrons. The summed E-state index contributed by atoms with van der Waals surface area (Å²) in [6.07, 6.45) is 0. The van der Waals surface area contributed by atoms with Crippen LogP contribution in [0.3, 0.4) is 0 Å². The minimum absolute atomic E-state index is 0.743. The molecular weight excluding hydrogens is 280 g/mol. The van der Waals surface area contributed by atoms with Crippen molar-refractivity contribution in [2.24, 2.45) is 0 Å². The Morgan fingerprint density at radius 1 is 0.700 bits per heavy atom. The molecule has 4 heteroatoms. The van der Waals surface area contributed by atoms with Gasteiger partial charge in [-0.2, -0.15) is 0 Å². The van der Waals surface area contributed by atoms with Gasteiger partial charge in [0, 0.05) is 11.1 Å². The van der Waals surface area contributed by atoms with Crippen LogP contribution in [0.1, 0.15) is 11.1 Å². The van der Waals surface area contributed by atoms with E-state index in [9.17, 15) is 0 Å². The average molecular weight is 307 g/mol. The molecule has 2 nitrogen and oxygen atoms in total. The molecule has 20 heavy (non-hydrogen) atoms. The van der Waals surface area contributed by atoms with Crippen LogP contribution in [0.15, 0.2) is 37.4 Å². The van der Waals surface area contributed by atoms with Gasteiger partial charge in [0.2, 0.25) is 16.6 Å². The molecule has 0 aliphatic carbocycles. The van der Waals surface area contributed by atoms with E-state index in [4.69, 9.17) is 8.85 Å². The van der Waals surface area contributed by atoms with E-state index in [2.05, 4.69) is 52.4 Å². The van der Waals surface area contributed by atoms with Crippen molar-refractivity contribution >= 4 is 28.2 Å². The predicted molar refractivity (Wildman–Crippen MR) is 93.4 cm³/mol. The summed E-state index contributed by atoms with van der Waals surface area (Å²) >= 11 is 0. The van der Waals surface area contributed by atoms with E-state index in [1.165, 1.54) is 0 Å². The molecule has 0 aliphatic rings. The van der Waals surface area contributed by atoms with Crippen LogP contribution in [0.25, 0.3) is 11.5 Å². The van der Waals surface area contributed by atoms with Crippen LogP contribution in [0.4, 0.5) is 0 Å². The van der Waals surface area contributed by atoms with Crippen molar-refractivity contribution in [3.63, 3.8) is 0 Å². The monoisotopic (exact) mass is 306 g/mol. The van der Waals surface area contributed by atoms with E-state index in [-0.39, 0.29) is 0 Å². The Balaban J connectivity index is 2.79. The highest BCUT2D eigenvalue weighted by Gasteiger charge is 2.19. The van der Waals surface area contributed by atoms with Crippen LogP contribution < -0.4 is 0 Å². The predicted octanol–water partition coefficient (Wildman–Crippen LogP) is 5.33. The average Bonchev–Trinajstić information content (AvgIpc) is 2.24. The summed E-state index contributed by atoms with van der Waals surface area (Å²) in [5, 5.41) is 0. The standard InChI is InChI=1S/C16H26O2Si2/c1-13(17-19(3,4)5)15-9-11-16(12-10-15)14(2)18-20(6,7)8/h9-12H,1-2H2,3-8H3. The number of benzene rings is 1. The van der Waals surface area contributed by atoms with Crippen molar-refractivity contribution in [3.05, 3.63) is 48.6 Å². The highest BCUT2D eigenvalue weighted by Crippen LogP contribution is 2.23. The largest absolute Gasteiger partial charge is 0.544 e. The maximum atomic E-state index is 5.90. The third-order valence-electron chi connectivity index (χ3n) is 2.39. The van der Waals surface area contributed by atoms with Gasteiger partial charge in [-0.1, -0.05) is 37.4 Å². The van der Waals surface area contributed by atoms with Crippen molar-refractivity contribution < 1.29 is 8.85 Å². The first-order valence-electron chi connectivity index (χ1n) is 6.84. The fraction of sp³-hybridized carbons (Fsp3) is 0.375. The van der Waals surface area contributed by atoms with Crippen molar-refractivity contribution in [1.82, 2.24) is 0 Å². The lowest BCUT2D eigenvalue weighted by Crippen LogP contribution is -2.24. The first kappa shape index (κ1) is 16.8. The van der Waals surface area contributed by atoms with Crippen molar-refractivity contribution in [1.29, 1.82) is 0 Å². The van der Waals surface area contributed by atoms with Crippen LogP contribution in [-0.4, -0.2) is 16.6 Å². The molecule has 0 saturated carbocycles. The minimum Gasteiger partial charge on any atom is -0.544 e. The lowest BCUT2D eigenvalue weighted by molar-refractivity contribution is 0.514. The van der Waals surface area contributed by atoms with Gasteiger partial charge in [0.25, 0.3) is 0 Å². The molecule has 0 fully saturated rings. The van der Waals surface area contributed by atoms with E-state index >= 15 is 0 Å². The van der Waals surface area contributed by atoms with Gasteiger partial charge in [0.15, 0.2) is 0 Å². The Bertz CT molecular complexity index is 444. The minimum atomic E-state index is -1.61. The fourth-order valence-electron chi connectivity index (χ4n) is 1.70. The molecule has 0 amide bonds. The van der Waals surface area contributed by atoms with Crippen LogP contribution in [0.2, 0.25) is 39.3 Å². The van der Waals surface area contributed by atoms with Gasteiger partial charge in [-0.3, -0.25) is 0 Å². The molecule has 0 atom stereocenters. The Hall–Kier alpha value is -1.27. The molecule has 1 rings (SSSR count). The van der Waals surface area contributed by atoms with E-state index in [0.29, 0.717) is 0 Å². The number of hydrogen-bond donors (Lipinski definition) is 0. The fourth-order valence-corrected chi connectivity index (χ4v) is 3.41. The maximum absolute atomic E-state index is 5.90. The quantitative estimate of drug-likeness (QED) is 0.522. The van der Waals surface area contributed by atoms with Crippen molar-refractivity contribution in [2.75, 3.05) is 0 Å². The van der Waals surface area contributed by atoms with E-state index in [1.54, 1.807) is 0 Å². The Kier molecular flexibility index (Phi) is 5.05. The smallest absolute Gasteiger partial charge is 0.242 e. The highest BCUT2D eigenvalue weighted by molar-refractivity contribution is 6.70. The maximum Gasteiger partial charge on any atom is 0.242 e. The molecule has 0 unspecified atom stereocenters. The second kappa shape index (κ2) is 6.01. The molecule has 0 bridgehead atoms. The molecule has 0 spiro atoms. The van der Waals surface area contributed by atoms with Gasteiger partial charge < -0.3 is 8.85 Å². The summed E-state index contributed by atoms with van der Waals surface area (Å²) in [6.45, 7) is 20.9. The van der Waals surface area contributed by atoms with Gasteiger partial charge in [0.1, 0.15) is 11.5 Å². The molecule has 0 aromatic heterocycles. The topological polar surface area (TPSA) is 18.5 Å². The van der Waals surface area contributed by atoms with Gasteiger partial charge in [-0.25, -0.2) is 0 Å². The first-order chi connectivity index (χ1) is 8.98. The first-order valence-corrected chi connectivity index (χ1v) is 13.7. The molecular formula is C16H26O2Si2. The second-order valence-corrected chi connectivity index (χ2v) is 15.7.